The number of carbonyl (C=O) groups is 1. The standard InChI is InChI=1S/C25H21BrN2OS/c1-16-12-24(17(2)11-23(16)26)30-15-25(29)28-27-14-22-20-9-5-3-7-18(20)13-19-8-4-6-10-21(19)22/h3-14H,15H2,1-2H3,(H,28,29)/b27-14+. The van der Waals surface area contributed by atoms with Crippen molar-refractivity contribution in [2.24, 2.45) is 5.10 Å². The van der Waals surface area contributed by atoms with Gasteiger partial charge in [0.1, 0.15) is 0 Å². The van der Waals surface area contributed by atoms with Crippen molar-refractivity contribution in [2.75, 3.05) is 5.75 Å². The molecular formula is C25H21BrN2OS. The highest BCUT2D eigenvalue weighted by atomic mass is 79.9. The van der Waals surface area contributed by atoms with Crippen LogP contribution >= 0.6 is 27.7 Å². The molecule has 0 radical (unpaired) electrons. The second kappa shape index (κ2) is 9.02. The van der Waals surface area contributed by atoms with Gasteiger partial charge in [-0.15, -0.1) is 11.8 Å². The number of benzene rings is 4. The summed E-state index contributed by atoms with van der Waals surface area (Å²) in [4.78, 5) is 13.4. The van der Waals surface area contributed by atoms with Crippen molar-refractivity contribution in [3.63, 3.8) is 0 Å². The van der Waals surface area contributed by atoms with Crippen molar-refractivity contribution in [2.45, 2.75) is 18.7 Å². The lowest BCUT2D eigenvalue weighted by molar-refractivity contribution is -0.118. The molecule has 0 heterocycles. The average Bonchev–Trinajstić information content (AvgIpc) is 2.75. The summed E-state index contributed by atoms with van der Waals surface area (Å²) in [6.07, 6.45) is 1.75. The number of amides is 1. The molecule has 1 amide bonds. The highest BCUT2D eigenvalue weighted by Gasteiger charge is 2.08. The van der Waals surface area contributed by atoms with E-state index in [1.165, 1.54) is 11.8 Å². The number of hydrogen-bond donors (Lipinski definition) is 1. The first-order chi connectivity index (χ1) is 14.5. The number of fused-ring (bicyclic) bond motifs is 2. The molecule has 0 saturated carbocycles. The van der Waals surface area contributed by atoms with E-state index in [9.17, 15) is 4.79 Å². The molecule has 0 aliphatic heterocycles. The van der Waals surface area contributed by atoms with Crippen LogP contribution in [0.1, 0.15) is 16.7 Å². The first kappa shape index (κ1) is 20.6. The Balaban J connectivity index is 1.51. The molecule has 0 fully saturated rings. The van der Waals surface area contributed by atoms with E-state index in [-0.39, 0.29) is 5.91 Å². The van der Waals surface area contributed by atoms with E-state index in [1.54, 1.807) is 6.21 Å². The second-order valence-corrected chi connectivity index (χ2v) is 9.05. The zero-order valence-corrected chi connectivity index (χ0v) is 19.2. The smallest absolute Gasteiger partial charge is 0.250 e. The van der Waals surface area contributed by atoms with Crippen LogP contribution in [0.2, 0.25) is 0 Å². The minimum atomic E-state index is -0.124. The molecule has 5 heteroatoms. The molecule has 4 aromatic carbocycles. The maximum atomic E-state index is 12.3. The number of nitrogens with zero attached hydrogens (tertiary/aromatic N) is 1. The van der Waals surface area contributed by atoms with Crippen LogP contribution in [-0.2, 0) is 4.79 Å². The number of hydrogen-bond acceptors (Lipinski definition) is 3. The van der Waals surface area contributed by atoms with E-state index < -0.39 is 0 Å². The van der Waals surface area contributed by atoms with Gasteiger partial charge in [0.15, 0.2) is 0 Å². The number of carbonyl (C=O) groups excluding carboxylic acids is 1. The summed E-state index contributed by atoms with van der Waals surface area (Å²) in [5.74, 6) is 0.191. The third-order valence-corrected chi connectivity index (χ3v) is 7.02. The number of aryl methyl sites for hydroxylation is 2. The zero-order valence-electron chi connectivity index (χ0n) is 16.8. The van der Waals surface area contributed by atoms with Crippen LogP contribution in [0.15, 0.2) is 81.2 Å². The Morgan fingerprint density at radius 3 is 2.27 bits per heavy atom. The normalized spacial score (nSPS) is 11.4. The maximum Gasteiger partial charge on any atom is 0.250 e. The molecule has 0 spiro atoms. The molecule has 3 nitrogen and oxygen atoms in total. The van der Waals surface area contributed by atoms with Gasteiger partial charge in [0.2, 0.25) is 5.91 Å². The maximum absolute atomic E-state index is 12.3. The molecule has 150 valence electrons. The zero-order chi connectivity index (χ0) is 21.1. The van der Waals surface area contributed by atoms with Gasteiger partial charge in [-0.25, -0.2) is 5.43 Å². The summed E-state index contributed by atoms with van der Waals surface area (Å²) in [5, 5.41) is 8.80. The van der Waals surface area contributed by atoms with Crippen molar-refractivity contribution in [3.8, 4) is 0 Å². The summed E-state index contributed by atoms with van der Waals surface area (Å²) < 4.78 is 1.08. The summed E-state index contributed by atoms with van der Waals surface area (Å²) in [6, 6.07) is 22.8. The van der Waals surface area contributed by atoms with E-state index >= 15 is 0 Å². The molecule has 4 aromatic rings. The first-order valence-electron chi connectivity index (χ1n) is 9.65. The number of rotatable bonds is 5. The highest BCUT2D eigenvalue weighted by molar-refractivity contribution is 9.10. The van der Waals surface area contributed by atoms with Crippen LogP contribution < -0.4 is 5.43 Å². The number of thioether (sulfide) groups is 1. The SMILES string of the molecule is Cc1cc(SCC(=O)N/N=C/c2c3ccccc3cc3ccccc23)c(C)cc1Br. The van der Waals surface area contributed by atoms with Gasteiger partial charge in [0.05, 0.1) is 12.0 Å². The molecule has 0 saturated heterocycles. The fourth-order valence-electron chi connectivity index (χ4n) is 3.44. The Bertz CT molecular complexity index is 1230. The Kier molecular flexibility index (Phi) is 6.21. The van der Waals surface area contributed by atoms with E-state index in [2.05, 4.69) is 68.9 Å². The van der Waals surface area contributed by atoms with Crippen molar-refractivity contribution < 1.29 is 4.79 Å². The molecule has 4 rings (SSSR count). The molecule has 0 atom stereocenters. The third-order valence-electron chi connectivity index (χ3n) is 5.01. The fraction of sp³-hybridized carbons (Fsp3) is 0.120. The van der Waals surface area contributed by atoms with Crippen LogP contribution in [0, 0.1) is 13.8 Å². The van der Waals surface area contributed by atoms with Gasteiger partial charge in [-0.1, -0.05) is 64.5 Å². The average molecular weight is 477 g/mol. The molecule has 0 bridgehead atoms. The predicted octanol–water partition coefficient (Wildman–Crippen LogP) is 6.61. The van der Waals surface area contributed by atoms with E-state index in [1.807, 2.05) is 38.1 Å². The van der Waals surface area contributed by atoms with Crippen LogP contribution in [0.25, 0.3) is 21.5 Å². The lowest BCUT2D eigenvalue weighted by Crippen LogP contribution is -2.19. The van der Waals surface area contributed by atoms with Crippen molar-refractivity contribution >= 4 is 61.4 Å². The molecule has 30 heavy (non-hydrogen) atoms. The Morgan fingerprint density at radius 2 is 1.60 bits per heavy atom. The van der Waals surface area contributed by atoms with Crippen LogP contribution in [0.5, 0.6) is 0 Å². The monoisotopic (exact) mass is 476 g/mol. The minimum Gasteiger partial charge on any atom is -0.272 e. The van der Waals surface area contributed by atoms with Gasteiger partial charge in [-0.3, -0.25) is 4.79 Å². The molecule has 0 aliphatic carbocycles. The van der Waals surface area contributed by atoms with Crippen molar-refractivity contribution in [1.29, 1.82) is 0 Å². The molecule has 0 aromatic heterocycles. The molecular weight excluding hydrogens is 456 g/mol. The summed E-state index contributed by atoms with van der Waals surface area (Å²) in [6.45, 7) is 4.10. The largest absolute Gasteiger partial charge is 0.272 e. The van der Waals surface area contributed by atoms with Crippen molar-refractivity contribution in [1.82, 2.24) is 5.43 Å². The van der Waals surface area contributed by atoms with Crippen LogP contribution in [-0.4, -0.2) is 17.9 Å². The number of hydrazone groups is 1. The molecule has 0 unspecified atom stereocenters. The quantitative estimate of drug-likeness (QED) is 0.152. The second-order valence-electron chi connectivity index (χ2n) is 7.18. The van der Waals surface area contributed by atoms with Crippen molar-refractivity contribution in [3.05, 3.63) is 87.9 Å². The number of halogens is 1. The van der Waals surface area contributed by atoms with E-state index in [4.69, 9.17) is 0 Å². The van der Waals surface area contributed by atoms with E-state index in [0.29, 0.717) is 5.75 Å². The van der Waals surface area contributed by atoms with Crippen LogP contribution in [0.4, 0.5) is 0 Å². The summed E-state index contributed by atoms with van der Waals surface area (Å²) in [7, 11) is 0. The number of nitrogens with one attached hydrogen (secondary N) is 1. The van der Waals surface area contributed by atoms with Gasteiger partial charge < -0.3 is 0 Å². The van der Waals surface area contributed by atoms with E-state index in [0.717, 1.165) is 47.6 Å². The van der Waals surface area contributed by atoms with Gasteiger partial charge >= 0.3 is 0 Å². The topological polar surface area (TPSA) is 41.5 Å². The van der Waals surface area contributed by atoms with Crippen LogP contribution in [0.3, 0.4) is 0 Å². The lowest BCUT2D eigenvalue weighted by Gasteiger charge is -2.09. The molecule has 1 N–H and O–H groups in total. The molecule has 0 aliphatic rings. The van der Waals surface area contributed by atoms with Gasteiger partial charge in [0.25, 0.3) is 0 Å². The Morgan fingerprint density at radius 1 is 0.967 bits per heavy atom. The third kappa shape index (κ3) is 4.42. The Hall–Kier alpha value is -2.63. The Labute approximate surface area is 188 Å². The summed E-state index contributed by atoms with van der Waals surface area (Å²) in [5.41, 5.74) is 5.99. The minimum absolute atomic E-state index is 0.124. The summed E-state index contributed by atoms with van der Waals surface area (Å²) >= 11 is 5.07. The predicted molar refractivity (Wildman–Crippen MR) is 132 cm³/mol. The lowest BCUT2D eigenvalue weighted by atomic mass is 9.97. The fourth-order valence-corrected chi connectivity index (χ4v) is 4.80. The van der Waals surface area contributed by atoms with Gasteiger partial charge in [0, 0.05) is 14.9 Å². The highest BCUT2D eigenvalue weighted by Crippen LogP contribution is 2.29. The van der Waals surface area contributed by atoms with Gasteiger partial charge in [-0.05, 0) is 64.7 Å². The first-order valence-corrected chi connectivity index (χ1v) is 11.4. The van der Waals surface area contributed by atoms with Gasteiger partial charge in [-0.2, -0.15) is 5.10 Å².